The Labute approximate surface area is 238 Å². The number of hydrogen-bond donors (Lipinski definition) is 3. The van der Waals surface area contributed by atoms with Crippen molar-refractivity contribution in [2.75, 3.05) is 20.8 Å². The number of aldehydes is 1. The molecule has 1 aliphatic heterocycles. The lowest BCUT2D eigenvalue weighted by molar-refractivity contribution is -0.123. The Balaban J connectivity index is 0.000000287. The zero-order chi connectivity index (χ0) is 29.1. The number of aromatic hydroxyl groups is 1. The smallest absolute Gasteiger partial charge is 0.294 e. The Morgan fingerprint density at radius 1 is 1.29 bits per heavy atom. The van der Waals surface area contributed by atoms with Crippen molar-refractivity contribution in [2.24, 2.45) is 0 Å². The molecule has 11 heteroatoms. The van der Waals surface area contributed by atoms with E-state index < -0.39 is 5.54 Å². The number of ether oxygens (including phenoxy) is 2. The number of fused-ring (bicyclic) bond motifs is 3. The summed E-state index contributed by atoms with van der Waals surface area (Å²) in [4.78, 5) is 43.5. The molecule has 1 aromatic carbocycles. The van der Waals surface area contributed by atoms with Crippen LogP contribution in [0.5, 0.6) is 11.5 Å². The summed E-state index contributed by atoms with van der Waals surface area (Å²) in [5, 5.41) is 15.7. The van der Waals surface area contributed by atoms with Crippen LogP contribution in [0.3, 0.4) is 0 Å². The van der Waals surface area contributed by atoms with Crippen LogP contribution in [0.15, 0.2) is 40.9 Å². The molecule has 0 saturated heterocycles. The van der Waals surface area contributed by atoms with Crippen molar-refractivity contribution < 1.29 is 33.4 Å². The minimum absolute atomic E-state index is 0.0297. The lowest BCUT2D eigenvalue weighted by Gasteiger charge is -2.47. The number of carbonyl (C=O) groups is 3. The molecule has 1 unspecified atom stereocenters. The van der Waals surface area contributed by atoms with E-state index in [9.17, 15) is 14.4 Å². The van der Waals surface area contributed by atoms with Gasteiger partial charge < -0.3 is 39.3 Å². The Kier molecular flexibility index (Phi) is 8.27. The van der Waals surface area contributed by atoms with Crippen LogP contribution in [-0.4, -0.2) is 77.6 Å². The summed E-state index contributed by atoms with van der Waals surface area (Å²) in [6, 6.07) is 8.51. The normalized spacial score (nSPS) is 23.7. The second-order valence-electron chi connectivity index (χ2n) is 11.0. The number of nitrogens with one attached hydrogen (secondary N) is 2. The number of benzene rings is 1. The van der Waals surface area contributed by atoms with E-state index in [1.807, 2.05) is 7.05 Å². The SMILES string of the molecule is CNCc1ncccc1O.COC1CC(N2C(=O)c3oc4cc(C(=O)NC5CCC5)ccc4c3OCC2(C)C=O)C1. The molecular weight excluding hydrogens is 528 g/mol. The van der Waals surface area contributed by atoms with Gasteiger partial charge in [-0.25, -0.2) is 0 Å². The maximum atomic E-state index is 13.5. The van der Waals surface area contributed by atoms with Gasteiger partial charge >= 0.3 is 0 Å². The van der Waals surface area contributed by atoms with Gasteiger partial charge in [0.15, 0.2) is 5.75 Å². The number of hydrogen-bond acceptors (Lipinski definition) is 9. The number of aromatic nitrogens is 1. The molecular formula is C30H36N4O7. The third kappa shape index (κ3) is 5.64. The van der Waals surface area contributed by atoms with Crippen molar-refractivity contribution in [1.29, 1.82) is 0 Å². The highest BCUT2D eigenvalue weighted by molar-refractivity contribution is 6.05. The molecule has 3 aliphatic rings. The van der Waals surface area contributed by atoms with Crippen molar-refractivity contribution in [2.45, 2.75) is 69.3 Å². The highest BCUT2D eigenvalue weighted by Gasteiger charge is 2.49. The second-order valence-corrected chi connectivity index (χ2v) is 11.0. The standard InChI is InChI=1S/C23H26N2O6.C7H10N2O/c1-23(11-26)12-30-19-17-7-6-13(21(27)24-14-4-3-5-14)8-18(17)31-20(19)22(28)25(23)15-9-16(10-15)29-2;1-8-5-6-7(10)3-2-4-9-6/h6-8,11,14-16H,3-5,9-10,12H2,1-2H3,(H,24,27);2-4,8,10H,5H2,1H3. The van der Waals surface area contributed by atoms with E-state index in [4.69, 9.17) is 19.0 Å². The number of furan rings is 1. The predicted molar refractivity (Wildman–Crippen MR) is 150 cm³/mol. The van der Waals surface area contributed by atoms with Crippen LogP contribution in [-0.2, 0) is 16.1 Å². The van der Waals surface area contributed by atoms with Gasteiger partial charge in [-0.1, -0.05) is 0 Å². The quantitative estimate of drug-likeness (QED) is 0.369. The summed E-state index contributed by atoms with van der Waals surface area (Å²) < 4.78 is 17.2. The molecule has 3 aromatic rings. The zero-order valence-electron chi connectivity index (χ0n) is 23.5. The molecule has 2 saturated carbocycles. The molecule has 41 heavy (non-hydrogen) atoms. The molecule has 0 radical (unpaired) electrons. The molecule has 3 heterocycles. The number of methoxy groups -OCH3 is 1. The molecule has 1 atom stereocenters. The van der Waals surface area contributed by atoms with Crippen LogP contribution < -0.4 is 15.4 Å². The monoisotopic (exact) mass is 564 g/mol. The first-order valence-electron chi connectivity index (χ1n) is 13.9. The predicted octanol–water partition coefficient (Wildman–Crippen LogP) is 3.19. The van der Waals surface area contributed by atoms with Gasteiger partial charge in [0.25, 0.3) is 11.8 Å². The van der Waals surface area contributed by atoms with Crippen molar-refractivity contribution >= 4 is 29.1 Å². The van der Waals surface area contributed by atoms with Crippen molar-refractivity contribution in [3.05, 3.63) is 53.5 Å². The highest BCUT2D eigenvalue weighted by atomic mass is 16.5. The molecule has 11 nitrogen and oxygen atoms in total. The molecule has 2 aromatic heterocycles. The van der Waals surface area contributed by atoms with E-state index in [-0.39, 0.29) is 48.1 Å². The zero-order valence-corrected chi connectivity index (χ0v) is 23.5. The second kappa shape index (κ2) is 11.9. The average Bonchev–Trinajstić information content (AvgIpc) is 3.25. The maximum Gasteiger partial charge on any atom is 0.294 e. The van der Waals surface area contributed by atoms with E-state index in [1.54, 1.807) is 55.5 Å². The minimum atomic E-state index is -1.10. The van der Waals surface area contributed by atoms with E-state index in [1.165, 1.54) is 0 Å². The van der Waals surface area contributed by atoms with Crippen molar-refractivity contribution in [3.8, 4) is 11.5 Å². The topological polar surface area (TPSA) is 143 Å². The fourth-order valence-electron chi connectivity index (χ4n) is 5.30. The summed E-state index contributed by atoms with van der Waals surface area (Å²) in [6.07, 6.45) is 6.96. The lowest BCUT2D eigenvalue weighted by Crippen LogP contribution is -2.62. The summed E-state index contributed by atoms with van der Waals surface area (Å²) in [7, 11) is 3.46. The Morgan fingerprint density at radius 2 is 2.07 bits per heavy atom. The fourth-order valence-corrected chi connectivity index (χ4v) is 5.30. The maximum absolute atomic E-state index is 13.5. The summed E-state index contributed by atoms with van der Waals surface area (Å²) in [5.41, 5.74) is 0.478. The number of rotatable bonds is 7. The Morgan fingerprint density at radius 3 is 2.71 bits per heavy atom. The van der Waals surface area contributed by atoms with Gasteiger partial charge in [0.2, 0.25) is 5.76 Å². The number of pyridine rings is 1. The minimum Gasteiger partial charge on any atom is -0.506 e. The number of nitrogens with zero attached hydrogens (tertiary/aromatic N) is 2. The van der Waals surface area contributed by atoms with E-state index >= 15 is 0 Å². The van der Waals surface area contributed by atoms with Gasteiger partial charge in [-0.15, -0.1) is 0 Å². The molecule has 0 spiro atoms. The molecule has 3 N–H and O–H groups in total. The van der Waals surface area contributed by atoms with Gasteiger partial charge in [-0.05, 0) is 76.4 Å². The van der Waals surface area contributed by atoms with Crippen molar-refractivity contribution in [1.82, 2.24) is 20.5 Å². The van der Waals surface area contributed by atoms with Crippen LogP contribution in [0.4, 0.5) is 0 Å². The average molecular weight is 565 g/mol. The first kappa shape index (κ1) is 28.6. The lowest BCUT2D eigenvalue weighted by atomic mass is 9.84. The Bertz CT molecular complexity index is 1430. The third-order valence-electron chi connectivity index (χ3n) is 8.05. The molecule has 6 rings (SSSR count). The first-order chi connectivity index (χ1) is 19.8. The van der Waals surface area contributed by atoms with Crippen LogP contribution in [0.2, 0.25) is 0 Å². The van der Waals surface area contributed by atoms with Crippen LogP contribution >= 0.6 is 0 Å². The van der Waals surface area contributed by atoms with Crippen LogP contribution in [0, 0.1) is 0 Å². The molecule has 0 bridgehead atoms. The first-order valence-corrected chi connectivity index (χ1v) is 13.9. The summed E-state index contributed by atoms with van der Waals surface area (Å²) >= 11 is 0. The summed E-state index contributed by atoms with van der Waals surface area (Å²) in [5.74, 6) is 0.109. The van der Waals surface area contributed by atoms with Crippen LogP contribution in [0.1, 0.15) is 65.6 Å². The molecule has 2 amide bonds. The van der Waals surface area contributed by atoms with Gasteiger partial charge in [0.05, 0.1) is 17.2 Å². The Hall–Kier alpha value is -3.96. The number of carbonyl (C=O) groups excluding carboxylic acids is 3. The van der Waals surface area contributed by atoms with Gasteiger partial charge in [0, 0.05) is 37.5 Å². The van der Waals surface area contributed by atoms with E-state index in [0.717, 1.165) is 25.5 Å². The largest absolute Gasteiger partial charge is 0.506 e. The summed E-state index contributed by atoms with van der Waals surface area (Å²) in [6.45, 7) is 2.34. The number of amides is 2. The van der Waals surface area contributed by atoms with Gasteiger partial charge in [-0.2, -0.15) is 0 Å². The van der Waals surface area contributed by atoms with E-state index in [2.05, 4.69) is 15.6 Å². The highest BCUT2D eigenvalue weighted by Crippen LogP contribution is 2.41. The molecule has 218 valence electrons. The molecule has 2 aliphatic carbocycles. The van der Waals surface area contributed by atoms with Gasteiger partial charge in [0.1, 0.15) is 29.8 Å². The fraction of sp³-hybridized carbons (Fsp3) is 0.467. The molecule has 2 fully saturated rings. The van der Waals surface area contributed by atoms with E-state index in [0.29, 0.717) is 47.4 Å². The van der Waals surface area contributed by atoms with Gasteiger partial charge in [-0.3, -0.25) is 14.6 Å². The van der Waals surface area contributed by atoms with Crippen LogP contribution in [0.25, 0.3) is 11.0 Å². The van der Waals surface area contributed by atoms with Crippen molar-refractivity contribution in [3.63, 3.8) is 0 Å². The third-order valence-corrected chi connectivity index (χ3v) is 8.05.